The number of aromatic nitrogens is 2. The Kier molecular flexibility index (Phi) is 6.08. The molecule has 1 aromatic carbocycles. The first-order valence-corrected chi connectivity index (χ1v) is 8.63. The van der Waals surface area contributed by atoms with Crippen molar-refractivity contribution >= 4 is 11.8 Å². The molecule has 0 aliphatic carbocycles. The number of hydrogen-bond donors (Lipinski definition) is 1. The standard InChI is InChI=1S/C19H20F2N4O2/c1-2-19(26)27-18-11-22-17(10-23-18)24-13-6-8-25(12-13)9-7-14-15(20)4-3-5-16(14)21/h2-5,10-11,13H,1,6-9,12H2,(H,22,24)/t13-/m1/s1. The zero-order chi connectivity index (χ0) is 19.2. The van der Waals surface area contributed by atoms with E-state index in [1.54, 1.807) is 0 Å². The molecule has 1 aromatic heterocycles. The van der Waals surface area contributed by atoms with Crippen LogP contribution in [-0.4, -0.2) is 46.5 Å². The molecule has 1 atom stereocenters. The summed E-state index contributed by atoms with van der Waals surface area (Å²) in [6, 6.07) is 4.09. The van der Waals surface area contributed by atoms with Gasteiger partial charge in [0.05, 0.1) is 12.4 Å². The van der Waals surface area contributed by atoms with Crippen molar-refractivity contribution in [1.29, 1.82) is 0 Å². The van der Waals surface area contributed by atoms with Crippen LogP contribution >= 0.6 is 0 Å². The minimum Gasteiger partial charge on any atom is -0.403 e. The zero-order valence-corrected chi connectivity index (χ0v) is 14.7. The van der Waals surface area contributed by atoms with Gasteiger partial charge >= 0.3 is 5.97 Å². The highest BCUT2D eigenvalue weighted by atomic mass is 19.1. The number of nitrogens with one attached hydrogen (secondary N) is 1. The van der Waals surface area contributed by atoms with Gasteiger partial charge < -0.3 is 15.0 Å². The van der Waals surface area contributed by atoms with Crippen LogP contribution in [0.25, 0.3) is 0 Å². The highest BCUT2D eigenvalue weighted by Gasteiger charge is 2.23. The minimum atomic E-state index is -0.595. The Balaban J connectivity index is 1.48. The second-order valence-electron chi connectivity index (χ2n) is 6.25. The molecule has 1 aliphatic rings. The molecule has 0 radical (unpaired) electrons. The second kappa shape index (κ2) is 8.68. The Morgan fingerprint density at radius 1 is 1.33 bits per heavy atom. The van der Waals surface area contributed by atoms with Crippen molar-refractivity contribution in [2.45, 2.75) is 18.9 Å². The quantitative estimate of drug-likeness (QED) is 0.594. The van der Waals surface area contributed by atoms with Crippen LogP contribution < -0.4 is 10.1 Å². The second-order valence-corrected chi connectivity index (χ2v) is 6.25. The lowest BCUT2D eigenvalue weighted by atomic mass is 10.1. The molecule has 6 nitrogen and oxygen atoms in total. The fourth-order valence-corrected chi connectivity index (χ4v) is 2.99. The van der Waals surface area contributed by atoms with E-state index in [1.165, 1.54) is 30.6 Å². The average molecular weight is 374 g/mol. The van der Waals surface area contributed by atoms with Gasteiger partial charge in [-0.3, -0.25) is 0 Å². The number of esters is 1. The van der Waals surface area contributed by atoms with Crippen LogP contribution in [0.2, 0.25) is 0 Å². The average Bonchev–Trinajstić information content (AvgIpc) is 3.10. The van der Waals surface area contributed by atoms with E-state index in [9.17, 15) is 13.6 Å². The van der Waals surface area contributed by atoms with Crippen molar-refractivity contribution in [3.05, 3.63) is 60.4 Å². The lowest BCUT2D eigenvalue weighted by molar-refractivity contribution is -0.129. The molecule has 27 heavy (non-hydrogen) atoms. The molecular weight excluding hydrogens is 354 g/mol. The van der Waals surface area contributed by atoms with Gasteiger partial charge in [-0.15, -0.1) is 0 Å². The van der Waals surface area contributed by atoms with Crippen LogP contribution in [0.4, 0.5) is 14.6 Å². The van der Waals surface area contributed by atoms with Crippen LogP contribution in [0.1, 0.15) is 12.0 Å². The summed E-state index contributed by atoms with van der Waals surface area (Å²) in [4.78, 5) is 21.4. The SMILES string of the molecule is C=CC(=O)Oc1cnc(N[C@@H]2CCN(CCc3c(F)cccc3F)C2)cn1. The van der Waals surface area contributed by atoms with Gasteiger partial charge in [0.1, 0.15) is 17.5 Å². The summed E-state index contributed by atoms with van der Waals surface area (Å²) in [6.07, 6.45) is 5.11. The molecule has 3 rings (SSSR count). The van der Waals surface area contributed by atoms with Gasteiger partial charge in [-0.2, -0.15) is 0 Å². The number of likely N-dealkylation sites (tertiary alicyclic amines) is 1. The molecular formula is C19H20F2N4O2. The van der Waals surface area contributed by atoms with E-state index in [4.69, 9.17) is 4.74 Å². The van der Waals surface area contributed by atoms with Crippen molar-refractivity contribution in [3.8, 4) is 5.88 Å². The maximum atomic E-state index is 13.7. The van der Waals surface area contributed by atoms with Crippen molar-refractivity contribution in [2.24, 2.45) is 0 Å². The van der Waals surface area contributed by atoms with Gasteiger partial charge in [-0.1, -0.05) is 12.6 Å². The summed E-state index contributed by atoms with van der Waals surface area (Å²) in [7, 11) is 0. The molecule has 1 N–H and O–H groups in total. The number of benzene rings is 1. The van der Waals surface area contributed by atoms with Crippen molar-refractivity contribution in [3.63, 3.8) is 0 Å². The van der Waals surface area contributed by atoms with Crippen molar-refractivity contribution in [2.75, 3.05) is 25.0 Å². The number of hydrogen-bond acceptors (Lipinski definition) is 6. The molecule has 2 aromatic rings. The summed E-state index contributed by atoms with van der Waals surface area (Å²) in [5.74, 6) is -0.929. The Morgan fingerprint density at radius 3 is 2.78 bits per heavy atom. The highest BCUT2D eigenvalue weighted by molar-refractivity contribution is 5.83. The first-order chi connectivity index (χ1) is 13.0. The first-order valence-electron chi connectivity index (χ1n) is 8.63. The number of halogens is 2. The minimum absolute atomic E-state index is 0.102. The third kappa shape index (κ3) is 5.07. The number of carbonyl (C=O) groups excluding carboxylic acids is 1. The Hall–Kier alpha value is -2.87. The van der Waals surface area contributed by atoms with E-state index in [1.807, 2.05) is 0 Å². The highest BCUT2D eigenvalue weighted by Crippen LogP contribution is 2.18. The van der Waals surface area contributed by atoms with E-state index in [0.29, 0.717) is 18.8 Å². The molecule has 142 valence electrons. The van der Waals surface area contributed by atoms with Gasteiger partial charge in [0, 0.05) is 37.3 Å². The molecule has 0 saturated carbocycles. The third-order valence-electron chi connectivity index (χ3n) is 4.36. The van der Waals surface area contributed by atoms with Gasteiger partial charge in [0.25, 0.3) is 0 Å². The van der Waals surface area contributed by atoms with Gasteiger partial charge in [-0.05, 0) is 25.0 Å². The largest absolute Gasteiger partial charge is 0.403 e. The fraction of sp³-hybridized carbons (Fsp3) is 0.316. The molecule has 0 unspecified atom stereocenters. The normalized spacial score (nSPS) is 16.9. The molecule has 1 saturated heterocycles. The Bertz CT molecular complexity index is 794. The molecule has 2 heterocycles. The third-order valence-corrected chi connectivity index (χ3v) is 4.36. The molecule has 8 heteroatoms. The molecule has 0 spiro atoms. The van der Waals surface area contributed by atoms with Gasteiger partial charge in [-0.25, -0.2) is 23.5 Å². The van der Waals surface area contributed by atoms with Crippen molar-refractivity contribution in [1.82, 2.24) is 14.9 Å². The van der Waals surface area contributed by atoms with Crippen LogP contribution in [0.15, 0.2) is 43.2 Å². The van der Waals surface area contributed by atoms with E-state index in [-0.39, 0.29) is 17.5 Å². The number of ether oxygens (including phenoxy) is 1. The molecule has 0 bridgehead atoms. The smallest absolute Gasteiger partial charge is 0.336 e. The lowest BCUT2D eigenvalue weighted by Crippen LogP contribution is -2.28. The van der Waals surface area contributed by atoms with E-state index in [0.717, 1.165) is 25.6 Å². The topological polar surface area (TPSA) is 67.3 Å². The lowest BCUT2D eigenvalue weighted by Gasteiger charge is -2.17. The monoisotopic (exact) mass is 374 g/mol. The number of nitrogens with zero attached hydrogens (tertiary/aromatic N) is 3. The fourth-order valence-electron chi connectivity index (χ4n) is 2.99. The van der Waals surface area contributed by atoms with Crippen LogP contribution in [0, 0.1) is 11.6 Å². The molecule has 1 fully saturated rings. The van der Waals surface area contributed by atoms with E-state index in [2.05, 4.69) is 26.8 Å². The van der Waals surface area contributed by atoms with Crippen LogP contribution in [-0.2, 0) is 11.2 Å². The van der Waals surface area contributed by atoms with Gasteiger partial charge in [0.15, 0.2) is 0 Å². The first kappa shape index (κ1) is 18.9. The Labute approximate surface area is 155 Å². The van der Waals surface area contributed by atoms with Crippen molar-refractivity contribution < 1.29 is 18.3 Å². The Morgan fingerprint density at radius 2 is 2.11 bits per heavy atom. The summed E-state index contributed by atoms with van der Waals surface area (Å²) in [5, 5.41) is 3.26. The summed E-state index contributed by atoms with van der Waals surface area (Å²) < 4.78 is 32.3. The van der Waals surface area contributed by atoms with E-state index < -0.39 is 17.6 Å². The van der Waals surface area contributed by atoms with E-state index >= 15 is 0 Å². The summed E-state index contributed by atoms with van der Waals surface area (Å²) in [6.45, 7) is 5.46. The predicted molar refractivity (Wildman–Crippen MR) is 96.4 cm³/mol. The summed E-state index contributed by atoms with van der Waals surface area (Å²) >= 11 is 0. The molecule has 1 aliphatic heterocycles. The predicted octanol–water partition coefficient (Wildman–Crippen LogP) is 2.58. The van der Waals surface area contributed by atoms with Crippen LogP contribution in [0.5, 0.6) is 5.88 Å². The number of anilines is 1. The van der Waals surface area contributed by atoms with Gasteiger partial charge in [0.2, 0.25) is 5.88 Å². The zero-order valence-electron chi connectivity index (χ0n) is 14.7. The maximum Gasteiger partial charge on any atom is 0.336 e. The number of rotatable bonds is 7. The molecule has 0 amide bonds. The summed E-state index contributed by atoms with van der Waals surface area (Å²) in [5.41, 5.74) is 0.129. The maximum absolute atomic E-state index is 13.7. The number of carbonyl (C=O) groups is 1. The van der Waals surface area contributed by atoms with Crippen LogP contribution in [0.3, 0.4) is 0 Å².